The lowest BCUT2D eigenvalue weighted by atomic mass is 10.2. The highest BCUT2D eigenvalue weighted by molar-refractivity contribution is 9.10. The van der Waals surface area contributed by atoms with Crippen LogP contribution in [0.15, 0.2) is 53.0 Å². The Morgan fingerprint density at radius 2 is 1.70 bits per heavy atom. The van der Waals surface area contributed by atoms with Crippen LogP contribution in [-0.2, 0) is 14.8 Å². The van der Waals surface area contributed by atoms with Gasteiger partial charge in [-0.15, -0.1) is 0 Å². The van der Waals surface area contributed by atoms with Gasteiger partial charge in [0.15, 0.2) is 0 Å². The Morgan fingerprint density at radius 3 is 2.22 bits per heavy atom. The van der Waals surface area contributed by atoms with E-state index in [0.717, 1.165) is 15.0 Å². The second kappa shape index (κ2) is 8.53. The molecule has 0 unspecified atom stereocenters. The topological polar surface area (TPSA) is 86.8 Å². The van der Waals surface area contributed by atoms with Gasteiger partial charge in [-0.25, -0.2) is 8.42 Å². The summed E-state index contributed by atoms with van der Waals surface area (Å²) in [4.78, 5) is 25.7. The van der Waals surface area contributed by atoms with Gasteiger partial charge >= 0.3 is 0 Å². The van der Waals surface area contributed by atoms with Gasteiger partial charge in [0.2, 0.25) is 15.9 Å². The number of sulfonamides is 1. The lowest BCUT2D eigenvalue weighted by molar-refractivity contribution is -0.114. The minimum Gasteiger partial charge on any atom is -0.345 e. The number of hydrogen-bond donors (Lipinski definition) is 1. The van der Waals surface area contributed by atoms with E-state index in [2.05, 4.69) is 21.2 Å². The maximum absolute atomic E-state index is 12.3. The van der Waals surface area contributed by atoms with Crippen LogP contribution in [0.25, 0.3) is 0 Å². The minimum absolute atomic E-state index is 0.195. The maximum Gasteiger partial charge on any atom is 0.253 e. The van der Waals surface area contributed by atoms with Gasteiger partial charge < -0.3 is 10.2 Å². The van der Waals surface area contributed by atoms with Gasteiger partial charge in [-0.2, -0.15) is 0 Å². The summed E-state index contributed by atoms with van der Waals surface area (Å²) in [6.07, 6.45) is 1.03. The van der Waals surface area contributed by atoms with Crippen molar-refractivity contribution in [1.82, 2.24) is 4.90 Å². The molecule has 0 fully saturated rings. The molecule has 0 radical (unpaired) electrons. The molecule has 0 aromatic heterocycles. The SMILES string of the molecule is CN(C)C(=O)c1ccc(N(CC(=O)Nc2cccc(Br)c2)S(C)(=O)=O)cc1. The van der Waals surface area contributed by atoms with E-state index in [-0.39, 0.29) is 12.5 Å². The van der Waals surface area contributed by atoms with Crippen LogP contribution in [0.4, 0.5) is 11.4 Å². The van der Waals surface area contributed by atoms with Crippen LogP contribution in [0.5, 0.6) is 0 Å². The van der Waals surface area contributed by atoms with Gasteiger partial charge in [-0.3, -0.25) is 13.9 Å². The second-order valence-corrected chi connectivity index (χ2v) is 8.90. The zero-order valence-corrected chi connectivity index (χ0v) is 17.5. The Hall–Kier alpha value is -2.39. The Labute approximate surface area is 167 Å². The van der Waals surface area contributed by atoms with Crippen LogP contribution in [-0.4, -0.2) is 52.0 Å². The first-order valence-corrected chi connectivity index (χ1v) is 10.6. The summed E-state index contributed by atoms with van der Waals surface area (Å²) in [7, 11) is -0.434. The number of amides is 2. The van der Waals surface area contributed by atoms with E-state index in [1.165, 1.54) is 29.2 Å². The van der Waals surface area contributed by atoms with E-state index in [0.29, 0.717) is 16.9 Å². The van der Waals surface area contributed by atoms with Gasteiger partial charge in [-0.1, -0.05) is 22.0 Å². The van der Waals surface area contributed by atoms with Gasteiger partial charge in [0.1, 0.15) is 6.54 Å². The van der Waals surface area contributed by atoms with Gasteiger partial charge in [0, 0.05) is 29.8 Å². The third-order valence-corrected chi connectivity index (χ3v) is 5.24. The molecule has 27 heavy (non-hydrogen) atoms. The van der Waals surface area contributed by atoms with Crippen LogP contribution in [0, 0.1) is 0 Å². The van der Waals surface area contributed by atoms with Crippen molar-refractivity contribution in [3.8, 4) is 0 Å². The highest BCUT2D eigenvalue weighted by atomic mass is 79.9. The average molecular weight is 454 g/mol. The molecule has 2 rings (SSSR count). The largest absolute Gasteiger partial charge is 0.345 e. The van der Waals surface area contributed by atoms with E-state index >= 15 is 0 Å². The fourth-order valence-corrected chi connectivity index (χ4v) is 3.58. The van der Waals surface area contributed by atoms with Gasteiger partial charge in [0.05, 0.1) is 11.9 Å². The Bertz CT molecular complexity index is 943. The summed E-state index contributed by atoms with van der Waals surface area (Å²) in [6.45, 7) is -0.383. The smallest absolute Gasteiger partial charge is 0.253 e. The first-order valence-electron chi connectivity index (χ1n) is 7.93. The second-order valence-electron chi connectivity index (χ2n) is 6.07. The quantitative estimate of drug-likeness (QED) is 0.727. The predicted molar refractivity (Wildman–Crippen MR) is 109 cm³/mol. The number of carbonyl (C=O) groups excluding carboxylic acids is 2. The van der Waals surface area contributed by atoms with Crippen LogP contribution in [0.1, 0.15) is 10.4 Å². The minimum atomic E-state index is -3.70. The van der Waals surface area contributed by atoms with Crippen molar-refractivity contribution in [1.29, 1.82) is 0 Å². The lowest BCUT2D eigenvalue weighted by Crippen LogP contribution is -2.37. The molecule has 0 spiro atoms. The predicted octanol–water partition coefficient (Wildman–Crippen LogP) is 2.56. The number of hydrogen-bond acceptors (Lipinski definition) is 4. The number of nitrogens with one attached hydrogen (secondary N) is 1. The maximum atomic E-state index is 12.3. The van der Waals surface area contributed by atoms with Crippen molar-refractivity contribution in [3.05, 3.63) is 58.6 Å². The van der Waals surface area contributed by atoms with Gasteiger partial charge in [0.25, 0.3) is 5.91 Å². The molecule has 1 N–H and O–H groups in total. The molecule has 2 amide bonds. The zero-order chi connectivity index (χ0) is 20.2. The fourth-order valence-electron chi connectivity index (χ4n) is 2.33. The molecule has 0 heterocycles. The molecular formula is C18H20BrN3O4S. The van der Waals surface area contributed by atoms with Gasteiger partial charge in [-0.05, 0) is 42.5 Å². The summed E-state index contributed by atoms with van der Waals surface area (Å²) in [5.41, 5.74) is 1.28. The molecule has 0 saturated carbocycles. The molecule has 2 aromatic carbocycles. The Morgan fingerprint density at radius 1 is 1.07 bits per heavy atom. The van der Waals surface area contributed by atoms with E-state index in [9.17, 15) is 18.0 Å². The van der Waals surface area contributed by atoms with Crippen LogP contribution >= 0.6 is 15.9 Å². The monoisotopic (exact) mass is 453 g/mol. The number of rotatable bonds is 6. The van der Waals surface area contributed by atoms with Crippen molar-refractivity contribution < 1.29 is 18.0 Å². The third kappa shape index (κ3) is 5.80. The third-order valence-electron chi connectivity index (χ3n) is 3.60. The Balaban J connectivity index is 2.21. The van der Waals surface area contributed by atoms with E-state index in [1.807, 2.05) is 6.07 Å². The molecule has 2 aromatic rings. The molecule has 0 saturated heterocycles. The number of anilines is 2. The van der Waals surface area contributed by atoms with Crippen LogP contribution < -0.4 is 9.62 Å². The number of benzene rings is 2. The highest BCUT2D eigenvalue weighted by Crippen LogP contribution is 2.20. The summed E-state index contributed by atoms with van der Waals surface area (Å²) in [5.74, 6) is -0.674. The van der Waals surface area contributed by atoms with Crippen molar-refractivity contribution in [3.63, 3.8) is 0 Å². The van der Waals surface area contributed by atoms with Crippen molar-refractivity contribution >= 4 is 49.1 Å². The first kappa shape index (κ1) is 20.9. The van der Waals surface area contributed by atoms with E-state index in [1.54, 1.807) is 32.3 Å². The molecule has 0 aliphatic carbocycles. The number of carbonyl (C=O) groups is 2. The molecule has 0 aliphatic heterocycles. The molecule has 7 nitrogen and oxygen atoms in total. The normalized spacial score (nSPS) is 11.0. The highest BCUT2D eigenvalue weighted by Gasteiger charge is 2.21. The molecule has 9 heteroatoms. The lowest BCUT2D eigenvalue weighted by Gasteiger charge is -2.22. The molecular weight excluding hydrogens is 434 g/mol. The first-order chi connectivity index (χ1) is 12.6. The number of nitrogens with zero attached hydrogens (tertiary/aromatic N) is 2. The molecule has 0 bridgehead atoms. The fraction of sp³-hybridized carbons (Fsp3) is 0.222. The number of halogens is 1. The zero-order valence-electron chi connectivity index (χ0n) is 15.1. The molecule has 0 aliphatic rings. The molecule has 0 atom stereocenters. The molecule has 144 valence electrons. The Kier molecular flexibility index (Phi) is 6.61. The standard InChI is InChI=1S/C18H20BrN3O4S/c1-21(2)18(24)13-7-9-16(10-8-13)22(27(3,25)26)12-17(23)20-15-6-4-5-14(19)11-15/h4-11H,12H2,1-3H3,(H,20,23). The van der Waals surface area contributed by atoms with Crippen molar-refractivity contribution in [2.75, 3.05) is 36.5 Å². The summed E-state index contributed by atoms with van der Waals surface area (Å²) >= 11 is 3.31. The van der Waals surface area contributed by atoms with E-state index < -0.39 is 15.9 Å². The van der Waals surface area contributed by atoms with Crippen LogP contribution in [0.3, 0.4) is 0 Å². The van der Waals surface area contributed by atoms with Crippen molar-refractivity contribution in [2.24, 2.45) is 0 Å². The summed E-state index contributed by atoms with van der Waals surface area (Å²) in [5, 5.41) is 2.66. The van der Waals surface area contributed by atoms with Crippen LogP contribution in [0.2, 0.25) is 0 Å². The summed E-state index contributed by atoms with van der Waals surface area (Å²) < 4.78 is 26.1. The van der Waals surface area contributed by atoms with Crippen molar-refractivity contribution in [2.45, 2.75) is 0 Å². The average Bonchev–Trinajstić information content (AvgIpc) is 2.58. The summed E-state index contributed by atoms with van der Waals surface area (Å²) in [6, 6.07) is 13.1. The van der Waals surface area contributed by atoms with E-state index in [4.69, 9.17) is 0 Å².